The fourth-order valence-corrected chi connectivity index (χ4v) is 3.25. The lowest BCUT2D eigenvalue weighted by atomic mass is 10.1. The normalized spacial score (nSPS) is 12.8. The average Bonchev–Trinajstić information content (AvgIpc) is 2.83. The quantitative estimate of drug-likeness (QED) is 0.446. The summed E-state index contributed by atoms with van der Waals surface area (Å²) in [5.74, 6) is 1.69. The lowest BCUT2D eigenvalue weighted by Crippen LogP contribution is -2.44. The van der Waals surface area contributed by atoms with Crippen molar-refractivity contribution < 1.29 is 4.74 Å². The van der Waals surface area contributed by atoms with Gasteiger partial charge in [-0.25, -0.2) is 0 Å². The molecule has 1 heterocycles. The smallest absolute Gasteiger partial charge is 0.191 e. The Morgan fingerprint density at radius 2 is 1.85 bits per heavy atom. The van der Waals surface area contributed by atoms with Crippen LogP contribution < -0.4 is 15.4 Å². The highest BCUT2D eigenvalue weighted by molar-refractivity contribution is 5.79. The second-order valence-electron chi connectivity index (χ2n) is 7.19. The standard InChI is InChI=1S/C21H33N5O/c1-14-10-15(2)12-19(11-14)27-9-8-23-21(22-6)24-16(3)13-20-17(4)25-26(7)18(20)5/h10-12,16H,8-9,13H2,1-7H3,(H2,22,23,24). The molecule has 0 amide bonds. The predicted octanol–water partition coefficient (Wildman–Crippen LogP) is 2.83. The minimum absolute atomic E-state index is 0.248. The Balaban J connectivity index is 1.79. The van der Waals surface area contributed by atoms with E-state index in [1.165, 1.54) is 22.4 Å². The Labute approximate surface area is 163 Å². The molecule has 1 atom stereocenters. The molecule has 148 valence electrons. The van der Waals surface area contributed by atoms with Crippen LogP contribution in [0.2, 0.25) is 0 Å². The lowest BCUT2D eigenvalue weighted by Gasteiger charge is -2.18. The molecule has 0 bridgehead atoms. The van der Waals surface area contributed by atoms with Gasteiger partial charge in [-0.15, -0.1) is 0 Å². The monoisotopic (exact) mass is 371 g/mol. The number of hydrogen-bond acceptors (Lipinski definition) is 3. The number of aromatic nitrogens is 2. The van der Waals surface area contributed by atoms with Crippen LogP contribution in [0.5, 0.6) is 5.75 Å². The van der Waals surface area contributed by atoms with E-state index in [1.807, 2.05) is 11.7 Å². The molecule has 2 rings (SSSR count). The van der Waals surface area contributed by atoms with Gasteiger partial charge in [0.15, 0.2) is 5.96 Å². The van der Waals surface area contributed by atoms with Gasteiger partial charge in [0.1, 0.15) is 12.4 Å². The number of aliphatic imine (C=N–C) groups is 1. The van der Waals surface area contributed by atoms with E-state index in [0.717, 1.165) is 23.8 Å². The molecule has 0 saturated carbocycles. The van der Waals surface area contributed by atoms with Crippen molar-refractivity contribution in [1.29, 1.82) is 0 Å². The first kappa shape index (κ1) is 20.8. The fourth-order valence-electron chi connectivity index (χ4n) is 3.25. The first-order chi connectivity index (χ1) is 12.8. The summed E-state index contributed by atoms with van der Waals surface area (Å²) in [5.41, 5.74) is 6.03. The average molecular weight is 372 g/mol. The maximum Gasteiger partial charge on any atom is 0.191 e. The van der Waals surface area contributed by atoms with Crippen molar-refractivity contribution in [1.82, 2.24) is 20.4 Å². The van der Waals surface area contributed by atoms with Gasteiger partial charge in [-0.1, -0.05) is 6.07 Å². The summed E-state index contributed by atoms with van der Waals surface area (Å²) in [6.07, 6.45) is 0.908. The van der Waals surface area contributed by atoms with Crippen molar-refractivity contribution in [3.8, 4) is 5.75 Å². The molecule has 0 saturated heterocycles. The zero-order valence-electron chi connectivity index (χ0n) is 17.7. The van der Waals surface area contributed by atoms with Crippen LogP contribution in [0.1, 0.15) is 35.0 Å². The molecule has 6 heteroatoms. The predicted molar refractivity (Wildman–Crippen MR) is 112 cm³/mol. The summed E-state index contributed by atoms with van der Waals surface area (Å²) in [5, 5.41) is 11.2. The molecule has 0 aliphatic carbocycles. The Morgan fingerprint density at radius 1 is 1.19 bits per heavy atom. The third-order valence-electron chi connectivity index (χ3n) is 4.63. The Bertz CT molecular complexity index is 774. The first-order valence-electron chi connectivity index (χ1n) is 9.47. The maximum absolute atomic E-state index is 5.84. The highest BCUT2D eigenvalue weighted by atomic mass is 16.5. The van der Waals surface area contributed by atoms with Crippen LogP contribution in [0.25, 0.3) is 0 Å². The number of rotatable bonds is 7. The van der Waals surface area contributed by atoms with Gasteiger partial charge in [0.05, 0.1) is 12.2 Å². The molecule has 1 aromatic carbocycles. The number of aryl methyl sites for hydroxylation is 4. The summed E-state index contributed by atoms with van der Waals surface area (Å²) in [6.45, 7) is 11.8. The van der Waals surface area contributed by atoms with Gasteiger partial charge in [0, 0.05) is 25.8 Å². The molecule has 0 radical (unpaired) electrons. The molecular formula is C21H33N5O. The number of nitrogens with zero attached hydrogens (tertiary/aromatic N) is 3. The summed E-state index contributed by atoms with van der Waals surface area (Å²) in [6, 6.07) is 6.50. The SMILES string of the molecule is CN=C(NCCOc1cc(C)cc(C)c1)NC(C)Cc1c(C)nn(C)c1C. The molecule has 27 heavy (non-hydrogen) atoms. The molecule has 6 nitrogen and oxygen atoms in total. The minimum atomic E-state index is 0.248. The summed E-state index contributed by atoms with van der Waals surface area (Å²) in [4.78, 5) is 4.31. The van der Waals surface area contributed by atoms with Gasteiger partial charge in [-0.05, 0) is 69.9 Å². The van der Waals surface area contributed by atoms with Crippen LogP contribution in [-0.2, 0) is 13.5 Å². The zero-order chi connectivity index (χ0) is 20.0. The van der Waals surface area contributed by atoms with Crippen LogP contribution >= 0.6 is 0 Å². The molecule has 2 N–H and O–H groups in total. The van der Waals surface area contributed by atoms with Gasteiger partial charge >= 0.3 is 0 Å². The van der Waals surface area contributed by atoms with Gasteiger partial charge in [0.25, 0.3) is 0 Å². The third-order valence-corrected chi connectivity index (χ3v) is 4.63. The summed E-state index contributed by atoms with van der Waals surface area (Å²) in [7, 11) is 3.77. The van der Waals surface area contributed by atoms with Gasteiger partial charge in [-0.3, -0.25) is 9.67 Å². The van der Waals surface area contributed by atoms with E-state index >= 15 is 0 Å². The van der Waals surface area contributed by atoms with Crippen molar-refractivity contribution in [2.75, 3.05) is 20.2 Å². The van der Waals surface area contributed by atoms with Crippen LogP contribution in [-0.4, -0.2) is 42.0 Å². The highest BCUT2D eigenvalue weighted by Gasteiger charge is 2.13. The van der Waals surface area contributed by atoms with Gasteiger partial charge < -0.3 is 15.4 Å². The minimum Gasteiger partial charge on any atom is -0.492 e. The van der Waals surface area contributed by atoms with E-state index in [9.17, 15) is 0 Å². The second kappa shape index (κ2) is 9.44. The highest BCUT2D eigenvalue weighted by Crippen LogP contribution is 2.16. The molecule has 0 aliphatic rings. The van der Waals surface area contributed by atoms with Crippen LogP contribution in [0.3, 0.4) is 0 Å². The summed E-state index contributed by atoms with van der Waals surface area (Å²) >= 11 is 0. The van der Waals surface area contributed by atoms with Crippen molar-refractivity contribution in [2.24, 2.45) is 12.0 Å². The van der Waals surface area contributed by atoms with Crippen molar-refractivity contribution >= 4 is 5.96 Å². The van der Waals surface area contributed by atoms with Crippen molar-refractivity contribution in [3.05, 3.63) is 46.3 Å². The topological polar surface area (TPSA) is 63.5 Å². The molecular weight excluding hydrogens is 338 g/mol. The Hall–Kier alpha value is -2.50. The van der Waals surface area contributed by atoms with E-state index in [1.54, 1.807) is 7.05 Å². The number of benzene rings is 1. The molecule has 0 spiro atoms. The number of nitrogens with one attached hydrogen (secondary N) is 2. The fraction of sp³-hybridized carbons (Fsp3) is 0.524. The molecule has 1 aromatic heterocycles. The van der Waals surface area contributed by atoms with E-state index in [2.05, 4.69) is 73.5 Å². The van der Waals surface area contributed by atoms with E-state index < -0.39 is 0 Å². The van der Waals surface area contributed by atoms with Gasteiger partial charge in [0.2, 0.25) is 0 Å². The maximum atomic E-state index is 5.84. The molecule has 1 unspecified atom stereocenters. The molecule has 0 aliphatic heterocycles. The molecule has 0 fully saturated rings. The third kappa shape index (κ3) is 6.01. The summed E-state index contributed by atoms with van der Waals surface area (Å²) < 4.78 is 7.78. The van der Waals surface area contributed by atoms with E-state index in [4.69, 9.17) is 4.74 Å². The number of guanidine groups is 1. The van der Waals surface area contributed by atoms with Crippen LogP contribution in [0, 0.1) is 27.7 Å². The largest absolute Gasteiger partial charge is 0.492 e. The zero-order valence-corrected chi connectivity index (χ0v) is 17.7. The second-order valence-corrected chi connectivity index (χ2v) is 7.19. The molecule has 2 aromatic rings. The lowest BCUT2D eigenvalue weighted by molar-refractivity contribution is 0.321. The van der Waals surface area contributed by atoms with Crippen molar-refractivity contribution in [3.63, 3.8) is 0 Å². The Kier molecular flexibility index (Phi) is 7.28. The number of ether oxygens (including phenoxy) is 1. The Morgan fingerprint density at radius 3 is 2.41 bits per heavy atom. The van der Waals surface area contributed by atoms with Gasteiger partial charge in [-0.2, -0.15) is 5.10 Å². The first-order valence-corrected chi connectivity index (χ1v) is 9.47. The number of hydrogen-bond donors (Lipinski definition) is 2. The van der Waals surface area contributed by atoms with Crippen molar-refractivity contribution in [2.45, 2.75) is 47.1 Å². The van der Waals surface area contributed by atoms with Crippen LogP contribution in [0.15, 0.2) is 23.2 Å². The van der Waals surface area contributed by atoms with E-state index in [-0.39, 0.29) is 6.04 Å². The van der Waals surface area contributed by atoms with E-state index in [0.29, 0.717) is 13.2 Å². The van der Waals surface area contributed by atoms with Crippen LogP contribution in [0.4, 0.5) is 0 Å².